The molecule has 0 radical (unpaired) electrons. The lowest BCUT2D eigenvalue weighted by molar-refractivity contribution is 0.321. The highest BCUT2D eigenvalue weighted by molar-refractivity contribution is 5.86. The minimum Gasteiger partial charge on any atom is -0.256 e. The Kier molecular flexibility index (Phi) is 8.48. The number of hydrogen-bond acceptors (Lipinski definition) is 2. The number of allylic oxidation sites excluding steroid dienone is 4. The zero-order valence-electron chi connectivity index (χ0n) is 22.9. The highest BCUT2D eigenvalue weighted by Gasteiger charge is 2.47. The smallest absolute Gasteiger partial charge is 0.0629 e. The van der Waals surface area contributed by atoms with E-state index in [1.807, 2.05) is 48.8 Å². The SMILES string of the molecule is CCCCCCCCC1(C)c2cc(C=Nc3ccccc3)ccc2C2C=CC(C=Nc3ccccc3)=CC21. The summed E-state index contributed by atoms with van der Waals surface area (Å²) in [6.07, 6.45) is 20.4. The van der Waals surface area contributed by atoms with Crippen molar-refractivity contribution < 1.29 is 0 Å². The molecule has 2 nitrogen and oxygen atoms in total. The largest absolute Gasteiger partial charge is 0.256 e. The molecule has 2 aliphatic rings. The number of benzene rings is 3. The number of nitrogens with zero attached hydrogens (tertiary/aromatic N) is 2. The molecule has 194 valence electrons. The molecule has 0 N–H and O–H groups in total. The Morgan fingerprint density at radius 3 is 2.13 bits per heavy atom. The number of hydrogen-bond donors (Lipinski definition) is 0. The average Bonchev–Trinajstić information content (AvgIpc) is 3.21. The zero-order valence-corrected chi connectivity index (χ0v) is 22.9. The van der Waals surface area contributed by atoms with E-state index in [0.29, 0.717) is 11.8 Å². The van der Waals surface area contributed by atoms with Gasteiger partial charge in [0, 0.05) is 18.3 Å². The highest BCUT2D eigenvalue weighted by atomic mass is 14.7. The first kappa shape index (κ1) is 26.1. The van der Waals surface area contributed by atoms with E-state index in [1.54, 1.807) is 0 Å². The molecule has 3 aromatic rings. The first-order chi connectivity index (χ1) is 18.7. The van der Waals surface area contributed by atoms with E-state index < -0.39 is 0 Å². The molecule has 0 aliphatic heterocycles. The molecule has 3 atom stereocenters. The van der Waals surface area contributed by atoms with Gasteiger partial charge in [0.05, 0.1) is 11.4 Å². The maximum atomic E-state index is 4.75. The Morgan fingerprint density at radius 1 is 0.763 bits per heavy atom. The molecule has 3 unspecified atom stereocenters. The second-order valence-corrected chi connectivity index (χ2v) is 11.0. The molecule has 0 amide bonds. The molecule has 0 fully saturated rings. The van der Waals surface area contributed by atoms with Gasteiger partial charge in [-0.15, -0.1) is 0 Å². The number of para-hydroxylation sites is 2. The maximum absolute atomic E-state index is 4.75. The predicted molar refractivity (Wildman–Crippen MR) is 164 cm³/mol. The molecular formula is C36H40N2. The predicted octanol–water partition coefficient (Wildman–Crippen LogP) is 10.1. The van der Waals surface area contributed by atoms with Gasteiger partial charge in [-0.2, -0.15) is 0 Å². The van der Waals surface area contributed by atoms with Crippen LogP contribution in [0.2, 0.25) is 0 Å². The summed E-state index contributed by atoms with van der Waals surface area (Å²) in [7, 11) is 0. The topological polar surface area (TPSA) is 24.7 Å². The maximum Gasteiger partial charge on any atom is 0.0629 e. The lowest BCUT2D eigenvalue weighted by Crippen LogP contribution is -2.29. The van der Waals surface area contributed by atoms with Gasteiger partial charge in [0.25, 0.3) is 0 Å². The Labute approximate surface area is 229 Å². The Morgan fingerprint density at radius 2 is 1.42 bits per heavy atom. The average molecular weight is 501 g/mol. The fourth-order valence-corrected chi connectivity index (χ4v) is 6.18. The molecule has 2 heteroatoms. The van der Waals surface area contributed by atoms with Gasteiger partial charge in [-0.1, -0.05) is 119 Å². The van der Waals surface area contributed by atoms with Gasteiger partial charge in [-0.05, 0) is 70.3 Å². The molecule has 3 aromatic carbocycles. The third kappa shape index (κ3) is 5.96. The summed E-state index contributed by atoms with van der Waals surface area (Å²) < 4.78 is 0. The van der Waals surface area contributed by atoms with Gasteiger partial charge >= 0.3 is 0 Å². The van der Waals surface area contributed by atoms with E-state index in [1.165, 1.54) is 67.2 Å². The molecule has 0 aromatic heterocycles. The minimum absolute atomic E-state index is 0.0952. The number of rotatable bonds is 11. The van der Waals surface area contributed by atoms with Crippen LogP contribution in [0, 0.1) is 5.92 Å². The van der Waals surface area contributed by atoms with Crippen molar-refractivity contribution in [2.75, 3.05) is 0 Å². The summed E-state index contributed by atoms with van der Waals surface area (Å²) in [5, 5.41) is 0. The monoisotopic (exact) mass is 500 g/mol. The van der Waals surface area contributed by atoms with Gasteiger partial charge in [-0.3, -0.25) is 9.98 Å². The second kappa shape index (κ2) is 12.3. The van der Waals surface area contributed by atoms with Crippen molar-refractivity contribution in [1.29, 1.82) is 0 Å². The van der Waals surface area contributed by atoms with Gasteiger partial charge in [0.2, 0.25) is 0 Å². The van der Waals surface area contributed by atoms with Gasteiger partial charge < -0.3 is 0 Å². The van der Waals surface area contributed by atoms with E-state index in [-0.39, 0.29) is 5.41 Å². The number of aliphatic imine (C=N–C) groups is 2. The summed E-state index contributed by atoms with van der Waals surface area (Å²) in [5.74, 6) is 0.862. The van der Waals surface area contributed by atoms with Crippen LogP contribution in [0.15, 0.2) is 113 Å². The Hall–Kier alpha value is -3.52. The Balaban J connectivity index is 1.42. The molecular weight excluding hydrogens is 460 g/mol. The molecule has 0 saturated carbocycles. The zero-order chi connectivity index (χ0) is 26.2. The van der Waals surface area contributed by atoms with Crippen molar-refractivity contribution in [3.8, 4) is 0 Å². The van der Waals surface area contributed by atoms with Crippen molar-refractivity contribution in [3.63, 3.8) is 0 Å². The molecule has 0 saturated heterocycles. The fourth-order valence-electron chi connectivity index (χ4n) is 6.18. The van der Waals surface area contributed by atoms with Crippen LogP contribution in [0.1, 0.15) is 81.4 Å². The van der Waals surface area contributed by atoms with E-state index >= 15 is 0 Å². The van der Waals surface area contributed by atoms with Crippen LogP contribution in [0.4, 0.5) is 11.4 Å². The quantitative estimate of drug-likeness (QED) is 0.185. The van der Waals surface area contributed by atoms with Crippen LogP contribution in [0.3, 0.4) is 0 Å². The van der Waals surface area contributed by atoms with Crippen LogP contribution >= 0.6 is 0 Å². The van der Waals surface area contributed by atoms with Crippen LogP contribution in [0.25, 0.3) is 0 Å². The lowest BCUT2D eigenvalue weighted by Gasteiger charge is -2.34. The lowest BCUT2D eigenvalue weighted by atomic mass is 9.69. The van der Waals surface area contributed by atoms with Crippen LogP contribution < -0.4 is 0 Å². The van der Waals surface area contributed by atoms with Crippen molar-refractivity contribution in [2.24, 2.45) is 15.9 Å². The standard InChI is InChI=1S/C36H40N2/c1-3-4-5-6-7-14-23-36(2)34-24-28(26-37-30-15-10-8-11-16-30)19-21-32(34)33-22-20-29(25-35(33)36)27-38-31-17-12-9-13-18-31/h8-13,15-22,24-27,32,34H,3-7,14,23H2,1-2H3. The molecule has 2 aliphatic carbocycles. The Bertz CT molecular complexity index is 1320. The van der Waals surface area contributed by atoms with Crippen LogP contribution in [0.5, 0.6) is 0 Å². The minimum atomic E-state index is 0.0952. The number of unbranched alkanes of at least 4 members (excludes halogenated alkanes) is 5. The van der Waals surface area contributed by atoms with Crippen molar-refractivity contribution in [3.05, 3.63) is 119 Å². The van der Waals surface area contributed by atoms with Crippen molar-refractivity contribution in [1.82, 2.24) is 0 Å². The highest BCUT2D eigenvalue weighted by Crippen LogP contribution is 2.55. The van der Waals surface area contributed by atoms with E-state index in [0.717, 1.165) is 11.4 Å². The first-order valence-corrected chi connectivity index (χ1v) is 14.4. The van der Waals surface area contributed by atoms with Gasteiger partial charge in [0.15, 0.2) is 0 Å². The number of fused-ring (bicyclic) bond motifs is 3. The molecule has 0 heterocycles. The van der Waals surface area contributed by atoms with E-state index in [2.05, 4.69) is 74.5 Å². The summed E-state index contributed by atoms with van der Waals surface area (Å²) >= 11 is 0. The molecule has 0 bridgehead atoms. The summed E-state index contributed by atoms with van der Waals surface area (Å²) in [4.78, 5) is 9.49. The van der Waals surface area contributed by atoms with Crippen LogP contribution in [-0.4, -0.2) is 12.4 Å². The molecule has 5 rings (SSSR count). The summed E-state index contributed by atoms with van der Waals surface area (Å²) in [6, 6.07) is 27.4. The van der Waals surface area contributed by atoms with Crippen molar-refractivity contribution in [2.45, 2.75) is 70.1 Å². The normalized spacial score (nSPS) is 22.1. The van der Waals surface area contributed by atoms with E-state index in [9.17, 15) is 0 Å². The molecule has 38 heavy (non-hydrogen) atoms. The first-order valence-electron chi connectivity index (χ1n) is 14.4. The van der Waals surface area contributed by atoms with Gasteiger partial charge in [-0.25, -0.2) is 0 Å². The third-order valence-corrected chi connectivity index (χ3v) is 8.33. The fraction of sp³-hybridized carbons (Fsp3) is 0.333. The summed E-state index contributed by atoms with van der Waals surface area (Å²) in [6.45, 7) is 4.79. The summed E-state index contributed by atoms with van der Waals surface area (Å²) in [5.41, 5.74) is 7.45. The molecule has 0 spiro atoms. The second-order valence-electron chi connectivity index (χ2n) is 11.0. The van der Waals surface area contributed by atoms with E-state index in [4.69, 9.17) is 9.98 Å². The third-order valence-electron chi connectivity index (χ3n) is 8.33. The van der Waals surface area contributed by atoms with Crippen LogP contribution in [-0.2, 0) is 5.41 Å². The van der Waals surface area contributed by atoms with Crippen molar-refractivity contribution >= 4 is 23.8 Å². The van der Waals surface area contributed by atoms with Gasteiger partial charge in [0.1, 0.15) is 0 Å².